The number of H-pyrrole nitrogens is 2. The number of aryl methyl sites for hydroxylation is 2. The highest BCUT2D eigenvalue weighted by molar-refractivity contribution is 6.23. The smallest absolute Gasteiger partial charge is 0.407 e. The van der Waals surface area contributed by atoms with Gasteiger partial charge in [-0.3, -0.25) is 24.3 Å². The molecule has 1 unspecified atom stereocenters. The number of ether oxygens (including phenoxy) is 6. The van der Waals surface area contributed by atoms with Gasteiger partial charge in [-0.05, 0) is 115 Å². The molecule has 380 valence electrons. The van der Waals surface area contributed by atoms with Crippen molar-refractivity contribution in [3.8, 4) is 0 Å². The van der Waals surface area contributed by atoms with Gasteiger partial charge in [0.1, 0.15) is 5.60 Å². The van der Waals surface area contributed by atoms with Gasteiger partial charge in [-0.15, -0.1) is 0 Å². The third-order valence-electron chi connectivity index (χ3n) is 14.0. The van der Waals surface area contributed by atoms with Gasteiger partial charge >= 0.3 is 12.1 Å². The molecule has 3 atom stereocenters. The number of fused-ring (bicyclic) bond motifs is 8. The molecule has 0 aromatic carbocycles. The standard InChI is InChI=1S/C53H73N7O10/c1-12-36-30(2)38-29-43-45(34(6)69-26-25-68-24-23-67-22-21-65-10)32(4)40(56-43)27-39-31(3)37(13-14-44(61)66-11)48(57-39)47-49-46(33(5)41(58-49)28-42(36)55-38)50(62)60(51(47)63)20-19-59-17-15-35(16-18-59)54-52(64)70-53(7,8)9/h27-29,31,34-35,37,56,58H,12-26H2,1-11H3,(H,54,64)/t31-,34?,37-/m0/s1. The van der Waals surface area contributed by atoms with Crippen LogP contribution in [-0.4, -0.2) is 145 Å². The Hall–Kier alpha value is -5.46. The molecule has 4 aliphatic rings. The maximum atomic E-state index is 15.2. The number of esters is 1. The average molecular weight is 968 g/mol. The lowest BCUT2D eigenvalue weighted by molar-refractivity contribution is -0.140. The molecule has 3 aromatic heterocycles. The summed E-state index contributed by atoms with van der Waals surface area (Å²) in [5, 5.41) is 2.99. The molecule has 8 bridgehead atoms. The van der Waals surface area contributed by atoms with Crippen molar-refractivity contribution in [2.75, 3.05) is 80.0 Å². The number of piperidine rings is 1. The second-order valence-electron chi connectivity index (χ2n) is 19.7. The van der Waals surface area contributed by atoms with E-state index in [-0.39, 0.29) is 48.8 Å². The highest BCUT2D eigenvalue weighted by atomic mass is 16.6. The molecule has 1 fully saturated rings. The minimum atomic E-state index is -0.596. The van der Waals surface area contributed by atoms with Crippen LogP contribution >= 0.6 is 0 Å². The number of aromatic nitrogens is 4. The summed E-state index contributed by atoms with van der Waals surface area (Å²) in [5.41, 5.74) is 10.5. The van der Waals surface area contributed by atoms with E-state index in [2.05, 4.69) is 53.9 Å². The molecular weight excluding hydrogens is 895 g/mol. The van der Waals surface area contributed by atoms with Crippen LogP contribution < -0.4 is 5.32 Å². The Bertz CT molecular complexity index is 2640. The van der Waals surface area contributed by atoms with E-state index in [9.17, 15) is 14.4 Å². The number of hydrogen-bond acceptors (Lipinski definition) is 13. The molecule has 0 saturated carbocycles. The number of nitrogens with one attached hydrogen (secondary N) is 3. The molecule has 0 spiro atoms. The summed E-state index contributed by atoms with van der Waals surface area (Å²) in [5.74, 6) is -1.76. The Balaban J connectivity index is 1.31. The second-order valence-corrected chi connectivity index (χ2v) is 19.7. The SMILES string of the molecule is CCC1=C(C)c2cc3[nH]c(cc4nc(c5c6[nH]c(cc1n2)c(C)c6C(=O)N(CCN1CCC(NC(=O)OC(C)(C)C)CC1)C5=O)[C@@H](CCC(=O)OC)[C@@H]4C)c(C)c3C(C)OCCOCCOCCOC. The maximum absolute atomic E-state index is 15.2. The summed E-state index contributed by atoms with van der Waals surface area (Å²) >= 11 is 0. The van der Waals surface area contributed by atoms with Gasteiger partial charge in [0.25, 0.3) is 11.8 Å². The van der Waals surface area contributed by atoms with E-state index in [1.165, 1.54) is 12.0 Å². The number of rotatable bonds is 19. The third-order valence-corrected chi connectivity index (χ3v) is 14.0. The molecule has 0 aliphatic carbocycles. The maximum Gasteiger partial charge on any atom is 0.407 e. The first kappa shape index (κ1) is 52.4. The van der Waals surface area contributed by atoms with E-state index < -0.39 is 17.6 Å². The highest BCUT2D eigenvalue weighted by Crippen LogP contribution is 2.44. The lowest BCUT2D eigenvalue weighted by Gasteiger charge is -2.34. The number of likely N-dealkylation sites (tertiary alicyclic amines) is 1. The molecule has 17 nitrogen and oxygen atoms in total. The van der Waals surface area contributed by atoms with Gasteiger partial charge < -0.3 is 48.6 Å². The zero-order valence-electron chi connectivity index (χ0n) is 43.0. The molecule has 3 amide bonds. The largest absolute Gasteiger partial charge is 0.469 e. The number of amides is 3. The molecule has 3 N–H and O–H groups in total. The molecule has 1 saturated heterocycles. The van der Waals surface area contributed by atoms with Crippen LogP contribution in [0.3, 0.4) is 0 Å². The summed E-state index contributed by atoms with van der Waals surface area (Å²) in [6.45, 7) is 22.5. The van der Waals surface area contributed by atoms with Crippen LogP contribution in [-0.2, 0) is 33.2 Å². The fourth-order valence-electron chi connectivity index (χ4n) is 10.1. The van der Waals surface area contributed by atoms with Gasteiger partial charge in [-0.25, -0.2) is 9.78 Å². The van der Waals surface area contributed by atoms with Crippen LogP contribution in [0.15, 0.2) is 18.2 Å². The molecule has 7 heterocycles. The highest BCUT2D eigenvalue weighted by Gasteiger charge is 2.41. The van der Waals surface area contributed by atoms with E-state index >= 15 is 4.79 Å². The lowest BCUT2D eigenvalue weighted by atomic mass is 9.84. The zero-order chi connectivity index (χ0) is 50.4. The van der Waals surface area contributed by atoms with Crippen molar-refractivity contribution in [2.24, 2.45) is 0 Å². The fourth-order valence-corrected chi connectivity index (χ4v) is 10.1. The van der Waals surface area contributed by atoms with Crippen LogP contribution in [0.5, 0.6) is 0 Å². The summed E-state index contributed by atoms with van der Waals surface area (Å²) in [6, 6.07) is 6.06. The number of hydrogen-bond donors (Lipinski definition) is 3. The van der Waals surface area contributed by atoms with E-state index in [4.69, 9.17) is 38.4 Å². The zero-order valence-corrected chi connectivity index (χ0v) is 43.0. The summed E-state index contributed by atoms with van der Waals surface area (Å²) in [6.07, 6.45) is 1.85. The van der Waals surface area contributed by atoms with Crippen molar-refractivity contribution in [3.05, 3.63) is 68.8 Å². The first-order valence-electron chi connectivity index (χ1n) is 24.8. The first-order valence-corrected chi connectivity index (χ1v) is 24.8. The van der Waals surface area contributed by atoms with Crippen molar-refractivity contribution in [1.29, 1.82) is 0 Å². The van der Waals surface area contributed by atoms with Crippen molar-refractivity contribution >= 4 is 57.1 Å². The summed E-state index contributed by atoms with van der Waals surface area (Å²) in [7, 11) is 3.01. The summed E-state index contributed by atoms with van der Waals surface area (Å²) in [4.78, 5) is 76.7. The van der Waals surface area contributed by atoms with Gasteiger partial charge in [0, 0.05) is 85.4 Å². The molecule has 7 rings (SSSR count). The Morgan fingerprint density at radius 2 is 1.50 bits per heavy atom. The lowest BCUT2D eigenvalue weighted by Crippen LogP contribution is -2.49. The van der Waals surface area contributed by atoms with E-state index in [0.717, 1.165) is 56.8 Å². The van der Waals surface area contributed by atoms with Crippen LogP contribution in [0, 0.1) is 13.8 Å². The Morgan fingerprint density at radius 1 is 0.843 bits per heavy atom. The van der Waals surface area contributed by atoms with Gasteiger partial charge in [-0.2, -0.15) is 0 Å². The van der Waals surface area contributed by atoms with Gasteiger partial charge in [0.05, 0.1) is 86.6 Å². The van der Waals surface area contributed by atoms with Crippen LogP contribution in [0.1, 0.15) is 159 Å². The molecule has 3 aromatic rings. The summed E-state index contributed by atoms with van der Waals surface area (Å²) < 4.78 is 33.4. The number of carbonyl (C=O) groups excluding carboxylic acids is 4. The molecule has 4 aliphatic heterocycles. The number of imide groups is 1. The number of methoxy groups -OCH3 is 2. The minimum absolute atomic E-state index is 0.0410. The van der Waals surface area contributed by atoms with Crippen molar-refractivity contribution in [2.45, 2.75) is 124 Å². The van der Waals surface area contributed by atoms with Crippen LogP contribution in [0.2, 0.25) is 0 Å². The monoisotopic (exact) mass is 968 g/mol. The third kappa shape index (κ3) is 11.7. The molecule has 0 radical (unpaired) electrons. The second kappa shape index (κ2) is 22.7. The topological polar surface area (TPSA) is 200 Å². The number of nitrogens with zero attached hydrogens (tertiary/aromatic N) is 4. The molecule has 70 heavy (non-hydrogen) atoms. The fraction of sp³-hybridized carbons (Fsp3) is 0.585. The van der Waals surface area contributed by atoms with E-state index in [0.29, 0.717) is 112 Å². The normalized spacial score (nSPS) is 18.2. The van der Waals surface area contributed by atoms with Crippen molar-refractivity contribution in [3.63, 3.8) is 0 Å². The van der Waals surface area contributed by atoms with Crippen LogP contribution in [0.4, 0.5) is 4.79 Å². The average Bonchev–Trinajstić information content (AvgIpc) is 4.00. The van der Waals surface area contributed by atoms with Gasteiger partial charge in [0.15, 0.2) is 0 Å². The van der Waals surface area contributed by atoms with Crippen LogP contribution in [0.25, 0.3) is 33.2 Å². The minimum Gasteiger partial charge on any atom is -0.469 e. The van der Waals surface area contributed by atoms with E-state index in [1.54, 1.807) is 7.11 Å². The number of allylic oxidation sites excluding steroid dienone is 2. The Labute approximate surface area is 411 Å². The quantitative estimate of drug-likeness (QED) is 0.0588. The number of aromatic amines is 2. The first-order chi connectivity index (χ1) is 33.4. The van der Waals surface area contributed by atoms with Crippen molar-refractivity contribution in [1.82, 2.24) is 35.1 Å². The predicted octanol–water partition coefficient (Wildman–Crippen LogP) is 8.46. The predicted molar refractivity (Wildman–Crippen MR) is 268 cm³/mol. The van der Waals surface area contributed by atoms with Crippen molar-refractivity contribution < 1.29 is 47.6 Å². The molecule has 17 heteroatoms. The number of alkyl carbamates (subject to hydrolysis) is 1. The Morgan fingerprint density at radius 3 is 2.17 bits per heavy atom. The Kier molecular flexibility index (Phi) is 17.0. The van der Waals surface area contributed by atoms with E-state index in [1.807, 2.05) is 46.8 Å². The number of carbonyl (C=O) groups is 4. The van der Waals surface area contributed by atoms with Gasteiger partial charge in [-0.1, -0.05) is 13.8 Å². The molecular formula is C53H73N7O10. The van der Waals surface area contributed by atoms with Gasteiger partial charge in [0.2, 0.25) is 0 Å².